The van der Waals surface area contributed by atoms with Crippen molar-refractivity contribution in [2.75, 3.05) is 32.7 Å². The summed E-state index contributed by atoms with van der Waals surface area (Å²) in [5.74, 6) is 0. The first-order valence-electron chi connectivity index (χ1n) is 6.25. The van der Waals surface area contributed by atoms with Gasteiger partial charge in [-0.1, -0.05) is 13.8 Å². The fourth-order valence-corrected chi connectivity index (χ4v) is 2.12. The van der Waals surface area contributed by atoms with Gasteiger partial charge in [0, 0.05) is 32.7 Å². The summed E-state index contributed by atoms with van der Waals surface area (Å²) < 4.78 is 0. The van der Waals surface area contributed by atoms with Crippen molar-refractivity contribution in [3.63, 3.8) is 0 Å². The number of hydrogen-bond acceptors (Lipinski definition) is 4. The third-order valence-electron chi connectivity index (χ3n) is 3.32. The maximum Gasteiger partial charge on any atom is 0.0976 e. The smallest absolute Gasteiger partial charge is 0.0976 e. The van der Waals surface area contributed by atoms with Crippen LogP contribution in [0.3, 0.4) is 0 Å². The number of aliphatic hydroxyl groups is 1. The van der Waals surface area contributed by atoms with E-state index in [1.54, 1.807) is 0 Å². The fraction of sp³-hybridized carbons (Fsp3) is 0.917. The topological polar surface area (TPSA) is 50.5 Å². The Kier molecular flexibility index (Phi) is 5.75. The molecule has 16 heavy (non-hydrogen) atoms. The molecule has 0 saturated carbocycles. The number of nitriles is 1. The Labute approximate surface area is 98.5 Å². The molecule has 1 aliphatic rings. The average molecular weight is 225 g/mol. The lowest BCUT2D eigenvalue weighted by molar-refractivity contribution is 0.0629. The minimum Gasteiger partial charge on any atom is -0.392 e. The first-order chi connectivity index (χ1) is 7.71. The molecule has 2 atom stereocenters. The van der Waals surface area contributed by atoms with Crippen LogP contribution in [-0.4, -0.2) is 59.8 Å². The maximum atomic E-state index is 9.57. The molecule has 0 radical (unpaired) electrons. The SMILES string of the molecule is CCC(O)CN1CCN(C(C#N)CC)CC1. The molecule has 1 heterocycles. The predicted octanol–water partition coefficient (Wildman–Crippen LogP) is 0.677. The van der Waals surface area contributed by atoms with Gasteiger partial charge in [0.25, 0.3) is 0 Å². The van der Waals surface area contributed by atoms with Crippen LogP contribution >= 0.6 is 0 Å². The number of β-amino-alcohol motifs (C(OH)–C–C–N with tert-alkyl or cyclic N) is 1. The van der Waals surface area contributed by atoms with Crippen LogP contribution in [-0.2, 0) is 0 Å². The van der Waals surface area contributed by atoms with Crippen LogP contribution in [0.4, 0.5) is 0 Å². The molecular formula is C12H23N3O. The van der Waals surface area contributed by atoms with Gasteiger partial charge in [0.2, 0.25) is 0 Å². The first kappa shape index (κ1) is 13.4. The van der Waals surface area contributed by atoms with Gasteiger partial charge in [-0.05, 0) is 12.8 Å². The van der Waals surface area contributed by atoms with Crippen LogP contribution in [0.5, 0.6) is 0 Å². The van der Waals surface area contributed by atoms with E-state index in [1.807, 2.05) is 6.92 Å². The highest BCUT2D eigenvalue weighted by molar-refractivity contribution is 4.92. The van der Waals surface area contributed by atoms with Gasteiger partial charge in [-0.3, -0.25) is 9.80 Å². The molecule has 1 rings (SSSR count). The van der Waals surface area contributed by atoms with E-state index in [0.29, 0.717) is 0 Å². The van der Waals surface area contributed by atoms with E-state index in [4.69, 9.17) is 5.26 Å². The van der Waals surface area contributed by atoms with E-state index < -0.39 is 0 Å². The summed E-state index contributed by atoms with van der Waals surface area (Å²) in [6.07, 6.45) is 1.51. The van der Waals surface area contributed by atoms with Gasteiger partial charge < -0.3 is 5.11 Å². The van der Waals surface area contributed by atoms with Gasteiger partial charge in [0.15, 0.2) is 0 Å². The zero-order valence-electron chi connectivity index (χ0n) is 10.4. The van der Waals surface area contributed by atoms with E-state index in [0.717, 1.165) is 45.6 Å². The summed E-state index contributed by atoms with van der Waals surface area (Å²) in [7, 11) is 0. The molecule has 0 aromatic carbocycles. The van der Waals surface area contributed by atoms with E-state index in [9.17, 15) is 5.11 Å². The molecule has 0 spiro atoms. The quantitative estimate of drug-likeness (QED) is 0.747. The molecule has 1 fully saturated rings. The highest BCUT2D eigenvalue weighted by Crippen LogP contribution is 2.09. The van der Waals surface area contributed by atoms with Crippen LogP contribution < -0.4 is 0 Å². The van der Waals surface area contributed by atoms with Crippen molar-refractivity contribution in [1.29, 1.82) is 5.26 Å². The normalized spacial score (nSPS) is 22.6. The Morgan fingerprint density at radius 1 is 1.19 bits per heavy atom. The van der Waals surface area contributed by atoms with Crippen molar-refractivity contribution in [1.82, 2.24) is 9.80 Å². The summed E-state index contributed by atoms with van der Waals surface area (Å²) >= 11 is 0. The molecule has 4 heteroatoms. The highest BCUT2D eigenvalue weighted by Gasteiger charge is 2.23. The second-order valence-electron chi connectivity index (χ2n) is 4.45. The third-order valence-corrected chi connectivity index (χ3v) is 3.32. The van der Waals surface area contributed by atoms with Crippen molar-refractivity contribution in [3.05, 3.63) is 0 Å². The summed E-state index contributed by atoms with van der Waals surface area (Å²) in [4.78, 5) is 4.53. The Hall–Kier alpha value is -0.630. The lowest BCUT2D eigenvalue weighted by Crippen LogP contribution is -2.51. The minimum absolute atomic E-state index is 0.0678. The van der Waals surface area contributed by atoms with Gasteiger partial charge in [-0.25, -0.2) is 0 Å². The molecule has 1 N–H and O–H groups in total. The molecule has 0 aliphatic carbocycles. The van der Waals surface area contributed by atoms with E-state index in [1.165, 1.54) is 0 Å². The molecule has 0 aromatic rings. The third kappa shape index (κ3) is 3.75. The van der Waals surface area contributed by atoms with E-state index in [2.05, 4.69) is 22.8 Å². The van der Waals surface area contributed by atoms with E-state index in [-0.39, 0.29) is 12.1 Å². The highest BCUT2D eigenvalue weighted by atomic mass is 16.3. The van der Waals surface area contributed by atoms with Crippen molar-refractivity contribution >= 4 is 0 Å². The molecular weight excluding hydrogens is 202 g/mol. The largest absolute Gasteiger partial charge is 0.392 e. The lowest BCUT2D eigenvalue weighted by Gasteiger charge is -2.37. The summed E-state index contributed by atoms with van der Waals surface area (Å²) in [5, 5.41) is 18.6. The second kappa shape index (κ2) is 6.85. The number of piperazine rings is 1. The molecule has 2 unspecified atom stereocenters. The van der Waals surface area contributed by atoms with Gasteiger partial charge in [-0.15, -0.1) is 0 Å². The molecule has 0 aromatic heterocycles. The molecule has 0 amide bonds. The Morgan fingerprint density at radius 2 is 1.81 bits per heavy atom. The van der Waals surface area contributed by atoms with E-state index >= 15 is 0 Å². The Bertz CT molecular complexity index is 231. The van der Waals surface area contributed by atoms with Crippen LogP contribution in [0.2, 0.25) is 0 Å². The molecule has 0 bridgehead atoms. The standard InChI is InChI=1S/C12H23N3O/c1-3-11(9-13)15-7-5-14(6-8-15)10-12(16)4-2/h11-12,16H,3-8,10H2,1-2H3. The predicted molar refractivity (Wildman–Crippen MR) is 64.0 cm³/mol. The monoisotopic (exact) mass is 225 g/mol. The number of rotatable bonds is 5. The number of hydrogen-bond donors (Lipinski definition) is 1. The van der Waals surface area contributed by atoms with Crippen LogP contribution in [0, 0.1) is 11.3 Å². The minimum atomic E-state index is -0.204. The zero-order chi connectivity index (χ0) is 12.0. The van der Waals surface area contributed by atoms with Gasteiger partial charge >= 0.3 is 0 Å². The molecule has 1 aliphatic heterocycles. The van der Waals surface area contributed by atoms with Gasteiger partial charge in [0.05, 0.1) is 18.2 Å². The molecule has 4 nitrogen and oxygen atoms in total. The van der Waals surface area contributed by atoms with Crippen molar-refractivity contribution in [2.45, 2.75) is 38.8 Å². The lowest BCUT2D eigenvalue weighted by atomic mass is 10.1. The summed E-state index contributed by atoms with van der Waals surface area (Å²) in [5.41, 5.74) is 0. The Balaban J connectivity index is 2.31. The maximum absolute atomic E-state index is 9.57. The molecule has 92 valence electrons. The summed E-state index contributed by atoms with van der Waals surface area (Å²) in [6.45, 7) is 8.66. The number of nitrogens with zero attached hydrogens (tertiary/aromatic N) is 3. The fourth-order valence-electron chi connectivity index (χ4n) is 2.12. The van der Waals surface area contributed by atoms with Crippen molar-refractivity contribution in [2.24, 2.45) is 0 Å². The van der Waals surface area contributed by atoms with Gasteiger partial charge in [-0.2, -0.15) is 5.26 Å². The zero-order valence-corrected chi connectivity index (χ0v) is 10.4. The average Bonchev–Trinajstić information content (AvgIpc) is 2.32. The van der Waals surface area contributed by atoms with Gasteiger partial charge in [0.1, 0.15) is 0 Å². The van der Waals surface area contributed by atoms with Crippen LogP contribution in [0.25, 0.3) is 0 Å². The first-order valence-corrected chi connectivity index (χ1v) is 6.25. The molecule has 1 saturated heterocycles. The number of aliphatic hydroxyl groups excluding tert-OH is 1. The summed E-state index contributed by atoms with van der Waals surface area (Å²) in [6, 6.07) is 2.41. The van der Waals surface area contributed by atoms with Crippen LogP contribution in [0.15, 0.2) is 0 Å². The Morgan fingerprint density at radius 3 is 2.25 bits per heavy atom. The van der Waals surface area contributed by atoms with Crippen molar-refractivity contribution < 1.29 is 5.11 Å². The van der Waals surface area contributed by atoms with Crippen LogP contribution in [0.1, 0.15) is 26.7 Å². The van der Waals surface area contributed by atoms with Crippen molar-refractivity contribution in [3.8, 4) is 6.07 Å². The second-order valence-corrected chi connectivity index (χ2v) is 4.45.